The number of anilines is 3. The molecule has 0 aliphatic carbocycles. The normalized spacial score (nSPS) is 11.2. The molecule has 63 heavy (non-hydrogen) atoms. The van der Waals surface area contributed by atoms with Gasteiger partial charge in [0.05, 0.1) is 17.1 Å². The Morgan fingerprint density at radius 2 is 0.635 bits per heavy atom. The van der Waals surface area contributed by atoms with Crippen molar-refractivity contribution < 1.29 is 0 Å². The molecule has 0 bridgehead atoms. The van der Waals surface area contributed by atoms with Gasteiger partial charge < -0.3 is 4.90 Å². The van der Waals surface area contributed by atoms with Crippen LogP contribution in [0.2, 0.25) is 0 Å². The summed E-state index contributed by atoms with van der Waals surface area (Å²) in [5, 5.41) is 4.84. The molecule has 0 aliphatic heterocycles. The first kappa shape index (κ1) is 37.7. The molecule has 0 aromatic heterocycles. The number of rotatable bonds is 9. The first-order chi connectivity index (χ1) is 31.3. The van der Waals surface area contributed by atoms with E-state index < -0.39 is 0 Å². The highest BCUT2D eigenvalue weighted by Crippen LogP contribution is 2.54. The van der Waals surface area contributed by atoms with Crippen LogP contribution in [0.3, 0.4) is 0 Å². The van der Waals surface area contributed by atoms with Crippen molar-refractivity contribution >= 4 is 38.6 Å². The lowest BCUT2D eigenvalue weighted by Gasteiger charge is -2.34. The molecule has 0 radical (unpaired) electrons. The van der Waals surface area contributed by atoms with E-state index in [1.807, 2.05) is 0 Å². The monoisotopic (exact) mass is 801 g/mol. The summed E-state index contributed by atoms with van der Waals surface area (Å²) in [5.74, 6) is 0. The van der Waals surface area contributed by atoms with Crippen molar-refractivity contribution in [2.45, 2.75) is 0 Å². The molecule has 0 spiro atoms. The SMILES string of the molecule is c1ccc(-c2ccc(N(c3c(-c4ccccc4)cccc3-c3ccccc3)c3cccc4c3c(-c3ccccc3)c(-c3ccccc3)c3ccccc34)c(-c3ccccc3)c2)cc1. The van der Waals surface area contributed by atoms with E-state index in [-0.39, 0.29) is 0 Å². The molecule has 0 saturated heterocycles. The Kier molecular flexibility index (Phi) is 9.97. The molecular weight excluding hydrogens is 759 g/mol. The highest BCUT2D eigenvalue weighted by atomic mass is 15.2. The minimum Gasteiger partial charge on any atom is -0.308 e. The Hall–Kier alpha value is -8.26. The molecule has 0 amide bonds. The number of hydrogen-bond donors (Lipinski definition) is 0. The molecule has 0 N–H and O–H groups in total. The molecule has 0 heterocycles. The van der Waals surface area contributed by atoms with E-state index in [9.17, 15) is 0 Å². The van der Waals surface area contributed by atoms with Gasteiger partial charge >= 0.3 is 0 Å². The third-order valence-corrected chi connectivity index (χ3v) is 12.3. The van der Waals surface area contributed by atoms with E-state index in [0.29, 0.717) is 0 Å². The Bertz CT molecular complexity index is 3290. The fourth-order valence-electron chi connectivity index (χ4n) is 9.45. The maximum Gasteiger partial charge on any atom is 0.0618 e. The van der Waals surface area contributed by atoms with Crippen LogP contribution in [-0.2, 0) is 0 Å². The van der Waals surface area contributed by atoms with Gasteiger partial charge in [0, 0.05) is 27.6 Å². The largest absolute Gasteiger partial charge is 0.308 e. The Morgan fingerprint density at radius 3 is 1.17 bits per heavy atom. The maximum absolute atomic E-state index is 2.58. The summed E-state index contributed by atoms with van der Waals surface area (Å²) in [7, 11) is 0. The molecule has 0 unspecified atom stereocenters. The highest BCUT2D eigenvalue weighted by Gasteiger charge is 2.28. The Labute approximate surface area is 369 Å². The molecule has 0 saturated carbocycles. The Morgan fingerprint density at radius 1 is 0.222 bits per heavy atom. The van der Waals surface area contributed by atoms with Gasteiger partial charge in [0.1, 0.15) is 0 Å². The molecule has 296 valence electrons. The van der Waals surface area contributed by atoms with Crippen molar-refractivity contribution in [3.63, 3.8) is 0 Å². The van der Waals surface area contributed by atoms with Crippen LogP contribution >= 0.6 is 0 Å². The first-order valence-electron chi connectivity index (χ1n) is 21.7. The van der Waals surface area contributed by atoms with E-state index in [4.69, 9.17) is 0 Å². The number of hydrogen-bond acceptors (Lipinski definition) is 1. The predicted octanol–water partition coefficient (Wildman–Crippen LogP) is 17.5. The fraction of sp³-hybridized carbons (Fsp3) is 0. The van der Waals surface area contributed by atoms with E-state index >= 15 is 0 Å². The van der Waals surface area contributed by atoms with Gasteiger partial charge in [0.2, 0.25) is 0 Å². The third kappa shape index (κ3) is 6.96. The second kappa shape index (κ2) is 16.7. The zero-order valence-corrected chi connectivity index (χ0v) is 34.8. The summed E-state index contributed by atoms with van der Waals surface area (Å²) < 4.78 is 0. The maximum atomic E-state index is 2.58. The third-order valence-electron chi connectivity index (χ3n) is 12.3. The summed E-state index contributed by atoms with van der Waals surface area (Å²) in [5.41, 5.74) is 17.3. The van der Waals surface area contributed by atoms with Gasteiger partial charge in [0.15, 0.2) is 0 Å². The minimum absolute atomic E-state index is 1.09. The number of fused-ring (bicyclic) bond motifs is 3. The van der Waals surface area contributed by atoms with Crippen molar-refractivity contribution in [1.29, 1.82) is 0 Å². The second-order valence-corrected chi connectivity index (χ2v) is 16.0. The first-order valence-corrected chi connectivity index (χ1v) is 21.7. The van der Waals surface area contributed by atoms with Gasteiger partial charge in [0.25, 0.3) is 0 Å². The summed E-state index contributed by atoms with van der Waals surface area (Å²) in [6, 6.07) is 95.0. The molecule has 11 rings (SSSR count). The lowest BCUT2D eigenvalue weighted by Crippen LogP contribution is -2.15. The molecule has 0 fully saturated rings. The van der Waals surface area contributed by atoms with Crippen LogP contribution in [-0.4, -0.2) is 0 Å². The van der Waals surface area contributed by atoms with Crippen LogP contribution in [0.5, 0.6) is 0 Å². The van der Waals surface area contributed by atoms with Gasteiger partial charge in [-0.25, -0.2) is 0 Å². The van der Waals surface area contributed by atoms with E-state index in [2.05, 4.69) is 266 Å². The lowest BCUT2D eigenvalue weighted by molar-refractivity contribution is 1.30. The second-order valence-electron chi connectivity index (χ2n) is 16.0. The van der Waals surface area contributed by atoms with Crippen LogP contribution in [0.4, 0.5) is 17.1 Å². The predicted molar refractivity (Wildman–Crippen MR) is 269 cm³/mol. The lowest BCUT2D eigenvalue weighted by atomic mass is 9.83. The number of nitrogens with zero attached hydrogens (tertiary/aromatic N) is 1. The van der Waals surface area contributed by atoms with Crippen LogP contribution in [0.15, 0.2) is 261 Å². The average molecular weight is 802 g/mol. The van der Waals surface area contributed by atoms with Gasteiger partial charge in [-0.2, -0.15) is 0 Å². The highest BCUT2D eigenvalue weighted by molar-refractivity contribution is 6.26. The molecule has 11 aromatic carbocycles. The Balaban J connectivity index is 1.36. The quantitative estimate of drug-likeness (QED) is 0.131. The molecule has 0 aliphatic rings. The minimum atomic E-state index is 1.09. The van der Waals surface area contributed by atoms with Crippen LogP contribution in [0.25, 0.3) is 88.3 Å². The molecule has 1 heteroatoms. The van der Waals surface area contributed by atoms with E-state index in [1.54, 1.807) is 0 Å². The van der Waals surface area contributed by atoms with Crippen molar-refractivity contribution in [1.82, 2.24) is 0 Å². The average Bonchev–Trinajstić information content (AvgIpc) is 3.37. The fourth-order valence-corrected chi connectivity index (χ4v) is 9.45. The van der Waals surface area contributed by atoms with Crippen LogP contribution < -0.4 is 4.90 Å². The topological polar surface area (TPSA) is 3.24 Å². The number of benzene rings is 11. The number of para-hydroxylation sites is 1. The van der Waals surface area contributed by atoms with Gasteiger partial charge in [-0.3, -0.25) is 0 Å². The summed E-state index contributed by atoms with van der Waals surface area (Å²) in [6.45, 7) is 0. The molecule has 0 atom stereocenters. The van der Waals surface area contributed by atoms with Crippen LogP contribution in [0.1, 0.15) is 0 Å². The van der Waals surface area contributed by atoms with Crippen molar-refractivity contribution in [3.8, 4) is 66.8 Å². The van der Waals surface area contributed by atoms with Gasteiger partial charge in [-0.1, -0.05) is 243 Å². The summed E-state index contributed by atoms with van der Waals surface area (Å²) >= 11 is 0. The van der Waals surface area contributed by atoms with Crippen molar-refractivity contribution in [3.05, 3.63) is 261 Å². The zero-order valence-electron chi connectivity index (χ0n) is 34.8. The molecule has 1 nitrogen and oxygen atoms in total. The van der Waals surface area contributed by atoms with Crippen molar-refractivity contribution in [2.24, 2.45) is 0 Å². The van der Waals surface area contributed by atoms with E-state index in [0.717, 1.165) is 56.0 Å². The van der Waals surface area contributed by atoms with Crippen molar-refractivity contribution in [2.75, 3.05) is 4.90 Å². The smallest absolute Gasteiger partial charge is 0.0618 e. The molecule has 11 aromatic rings. The molecular formula is C62H43N. The standard InChI is InChI=1S/C62H43N/c1-7-23-44(24-8-1)50-41-42-57(56(43-50)47-29-13-4-14-30-47)63(62-51(45-25-9-2-10-26-45)37-21-38-52(62)46-27-11-3-12-28-46)58-40-22-39-55-53-35-19-20-36-54(53)59(48-31-15-5-16-32-48)60(61(55)58)49-33-17-6-18-34-49/h1-43H. The van der Waals surface area contributed by atoms with Gasteiger partial charge in [-0.05, 0) is 78.9 Å². The summed E-state index contributed by atoms with van der Waals surface area (Å²) in [6.07, 6.45) is 0. The van der Waals surface area contributed by atoms with E-state index in [1.165, 1.54) is 49.4 Å². The summed E-state index contributed by atoms with van der Waals surface area (Å²) in [4.78, 5) is 2.58. The van der Waals surface area contributed by atoms with Gasteiger partial charge in [-0.15, -0.1) is 0 Å². The van der Waals surface area contributed by atoms with Crippen LogP contribution in [0, 0.1) is 0 Å². The zero-order chi connectivity index (χ0) is 42.0.